The number of nitrogens with one attached hydrogen (secondary N) is 1. The molecule has 1 amide bonds. The molecule has 5 nitrogen and oxygen atoms in total. The van der Waals surface area contributed by atoms with Gasteiger partial charge in [-0.2, -0.15) is 0 Å². The molecule has 0 saturated carbocycles. The van der Waals surface area contributed by atoms with Crippen LogP contribution in [-0.4, -0.2) is 28.7 Å². The largest absolute Gasteiger partial charge is 0.395 e. The third-order valence-corrected chi connectivity index (χ3v) is 2.63. The summed E-state index contributed by atoms with van der Waals surface area (Å²) in [5.74, 6) is -0.196. The minimum absolute atomic E-state index is 0.0578. The SMILES string of the molecule is O=C(Cn1ccc(=O)c2ccccc21)NCCO. The van der Waals surface area contributed by atoms with Crippen LogP contribution in [0, 0.1) is 0 Å². The Morgan fingerprint density at radius 1 is 1.28 bits per heavy atom. The van der Waals surface area contributed by atoms with Gasteiger partial charge >= 0.3 is 0 Å². The predicted molar refractivity (Wildman–Crippen MR) is 68.3 cm³/mol. The molecular weight excluding hydrogens is 232 g/mol. The van der Waals surface area contributed by atoms with Gasteiger partial charge in [-0.25, -0.2) is 0 Å². The third kappa shape index (κ3) is 2.57. The first-order valence-electron chi connectivity index (χ1n) is 5.68. The van der Waals surface area contributed by atoms with Gasteiger partial charge in [0.15, 0.2) is 5.43 Å². The number of carbonyl (C=O) groups is 1. The highest BCUT2D eigenvalue weighted by molar-refractivity contribution is 5.82. The topological polar surface area (TPSA) is 71.3 Å². The molecule has 0 aliphatic heterocycles. The van der Waals surface area contributed by atoms with Crippen LogP contribution in [0.1, 0.15) is 0 Å². The molecule has 1 aromatic heterocycles. The van der Waals surface area contributed by atoms with Crippen LogP contribution in [0.3, 0.4) is 0 Å². The zero-order valence-electron chi connectivity index (χ0n) is 9.80. The average Bonchev–Trinajstić information content (AvgIpc) is 2.40. The van der Waals surface area contributed by atoms with Gasteiger partial charge in [0.2, 0.25) is 5.91 Å². The number of pyridine rings is 1. The van der Waals surface area contributed by atoms with Crippen molar-refractivity contribution in [3.63, 3.8) is 0 Å². The molecule has 0 spiro atoms. The van der Waals surface area contributed by atoms with E-state index in [0.717, 1.165) is 5.52 Å². The number of para-hydroxylation sites is 1. The molecule has 1 aromatic carbocycles. The first kappa shape index (κ1) is 12.3. The van der Waals surface area contributed by atoms with Crippen molar-refractivity contribution in [1.29, 1.82) is 0 Å². The number of aliphatic hydroxyl groups is 1. The summed E-state index contributed by atoms with van der Waals surface area (Å²) in [5, 5.41) is 11.8. The molecule has 2 rings (SSSR count). The van der Waals surface area contributed by atoms with Crippen LogP contribution in [0.4, 0.5) is 0 Å². The number of amides is 1. The second-order valence-corrected chi connectivity index (χ2v) is 3.90. The van der Waals surface area contributed by atoms with Crippen molar-refractivity contribution in [2.75, 3.05) is 13.2 Å². The van der Waals surface area contributed by atoms with Crippen molar-refractivity contribution in [2.45, 2.75) is 6.54 Å². The number of carbonyl (C=O) groups excluding carboxylic acids is 1. The second kappa shape index (κ2) is 5.46. The van der Waals surface area contributed by atoms with Crippen LogP contribution < -0.4 is 10.7 Å². The predicted octanol–water partition coefficient (Wildman–Crippen LogP) is 0.110. The molecule has 94 valence electrons. The number of hydrogen-bond donors (Lipinski definition) is 2. The molecule has 0 bridgehead atoms. The molecule has 2 N–H and O–H groups in total. The molecule has 0 fully saturated rings. The number of rotatable bonds is 4. The Kier molecular flexibility index (Phi) is 3.74. The van der Waals surface area contributed by atoms with Gasteiger partial charge in [-0.3, -0.25) is 9.59 Å². The Bertz CT molecular complexity index is 619. The van der Waals surface area contributed by atoms with Crippen LogP contribution in [0.5, 0.6) is 0 Å². The van der Waals surface area contributed by atoms with Crippen LogP contribution in [0.15, 0.2) is 41.3 Å². The normalized spacial score (nSPS) is 10.5. The van der Waals surface area contributed by atoms with Crippen molar-refractivity contribution in [3.8, 4) is 0 Å². The number of aliphatic hydroxyl groups excluding tert-OH is 1. The van der Waals surface area contributed by atoms with Crippen molar-refractivity contribution < 1.29 is 9.90 Å². The number of aromatic nitrogens is 1. The van der Waals surface area contributed by atoms with E-state index in [4.69, 9.17) is 5.11 Å². The molecule has 5 heteroatoms. The van der Waals surface area contributed by atoms with Gasteiger partial charge in [-0.05, 0) is 12.1 Å². The summed E-state index contributed by atoms with van der Waals surface area (Å²) in [6.45, 7) is 0.272. The van der Waals surface area contributed by atoms with Gasteiger partial charge in [-0.15, -0.1) is 0 Å². The summed E-state index contributed by atoms with van der Waals surface area (Å²) >= 11 is 0. The Hall–Kier alpha value is -2.14. The van der Waals surface area contributed by atoms with Crippen molar-refractivity contribution in [3.05, 3.63) is 46.8 Å². The molecule has 0 saturated heterocycles. The van der Waals surface area contributed by atoms with Gasteiger partial charge in [0, 0.05) is 24.2 Å². The van der Waals surface area contributed by atoms with Gasteiger partial charge < -0.3 is 15.0 Å². The molecule has 1 heterocycles. The lowest BCUT2D eigenvalue weighted by molar-refractivity contribution is -0.121. The van der Waals surface area contributed by atoms with Crippen LogP contribution in [-0.2, 0) is 11.3 Å². The minimum atomic E-state index is -0.196. The monoisotopic (exact) mass is 246 g/mol. The van der Waals surface area contributed by atoms with E-state index in [9.17, 15) is 9.59 Å². The quantitative estimate of drug-likeness (QED) is 0.804. The lowest BCUT2D eigenvalue weighted by Gasteiger charge is -2.10. The molecule has 0 aliphatic rings. The number of nitrogens with zero attached hydrogens (tertiary/aromatic N) is 1. The van der Waals surface area contributed by atoms with E-state index in [0.29, 0.717) is 5.39 Å². The molecule has 18 heavy (non-hydrogen) atoms. The smallest absolute Gasteiger partial charge is 0.240 e. The first-order chi connectivity index (χ1) is 8.72. The van der Waals surface area contributed by atoms with E-state index in [1.165, 1.54) is 6.07 Å². The molecule has 0 aliphatic carbocycles. The summed E-state index contributed by atoms with van der Waals surface area (Å²) < 4.78 is 1.71. The number of benzene rings is 1. The van der Waals surface area contributed by atoms with Gasteiger partial charge in [-0.1, -0.05) is 12.1 Å². The van der Waals surface area contributed by atoms with E-state index < -0.39 is 0 Å². The fourth-order valence-corrected chi connectivity index (χ4v) is 1.80. The highest BCUT2D eigenvalue weighted by Gasteiger charge is 2.05. The fourth-order valence-electron chi connectivity index (χ4n) is 1.80. The van der Waals surface area contributed by atoms with E-state index in [1.54, 1.807) is 29.0 Å². The average molecular weight is 246 g/mol. The number of hydrogen-bond acceptors (Lipinski definition) is 3. The summed E-state index contributed by atoms with van der Waals surface area (Å²) in [6.07, 6.45) is 1.60. The van der Waals surface area contributed by atoms with Crippen LogP contribution in [0.2, 0.25) is 0 Å². The highest BCUT2D eigenvalue weighted by atomic mass is 16.3. The van der Waals surface area contributed by atoms with Gasteiger partial charge in [0.1, 0.15) is 6.54 Å². The standard InChI is InChI=1S/C13H14N2O3/c16-8-6-14-13(18)9-15-7-5-12(17)10-3-1-2-4-11(10)15/h1-5,7,16H,6,8-9H2,(H,14,18). The fraction of sp³-hybridized carbons (Fsp3) is 0.231. The summed E-state index contributed by atoms with van der Waals surface area (Å²) in [6, 6.07) is 8.60. The molecule has 0 radical (unpaired) electrons. The zero-order valence-corrected chi connectivity index (χ0v) is 9.80. The van der Waals surface area contributed by atoms with E-state index in [-0.39, 0.29) is 31.0 Å². The summed E-state index contributed by atoms with van der Waals surface area (Å²) in [5.41, 5.74) is 0.668. The van der Waals surface area contributed by atoms with E-state index in [1.807, 2.05) is 6.07 Å². The zero-order chi connectivity index (χ0) is 13.0. The van der Waals surface area contributed by atoms with Crippen LogP contribution in [0.25, 0.3) is 10.9 Å². The summed E-state index contributed by atoms with van der Waals surface area (Å²) in [4.78, 5) is 23.2. The Balaban J connectivity index is 2.32. The highest BCUT2D eigenvalue weighted by Crippen LogP contribution is 2.08. The van der Waals surface area contributed by atoms with Crippen molar-refractivity contribution in [2.24, 2.45) is 0 Å². The first-order valence-corrected chi connectivity index (χ1v) is 5.68. The molecule has 2 aromatic rings. The lowest BCUT2D eigenvalue weighted by Crippen LogP contribution is -2.30. The van der Waals surface area contributed by atoms with Crippen LogP contribution >= 0.6 is 0 Å². The van der Waals surface area contributed by atoms with E-state index >= 15 is 0 Å². The van der Waals surface area contributed by atoms with Gasteiger partial charge in [0.05, 0.1) is 12.1 Å². The van der Waals surface area contributed by atoms with Gasteiger partial charge in [0.25, 0.3) is 0 Å². The Morgan fingerprint density at radius 2 is 2.06 bits per heavy atom. The Morgan fingerprint density at radius 3 is 2.83 bits per heavy atom. The molecule has 0 atom stereocenters. The maximum Gasteiger partial charge on any atom is 0.240 e. The third-order valence-electron chi connectivity index (χ3n) is 2.63. The van der Waals surface area contributed by atoms with Crippen molar-refractivity contribution in [1.82, 2.24) is 9.88 Å². The minimum Gasteiger partial charge on any atom is -0.395 e. The Labute approximate surface area is 104 Å². The molecular formula is C13H14N2O3. The number of fused-ring (bicyclic) bond motifs is 1. The maximum atomic E-state index is 11.6. The molecule has 0 unspecified atom stereocenters. The maximum absolute atomic E-state index is 11.6. The summed E-state index contributed by atoms with van der Waals surface area (Å²) in [7, 11) is 0. The second-order valence-electron chi connectivity index (χ2n) is 3.90. The lowest BCUT2D eigenvalue weighted by atomic mass is 10.2. The van der Waals surface area contributed by atoms with E-state index in [2.05, 4.69) is 5.32 Å². The van der Waals surface area contributed by atoms with Crippen molar-refractivity contribution >= 4 is 16.8 Å².